The van der Waals surface area contributed by atoms with Gasteiger partial charge < -0.3 is 59.4 Å². The first kappa shape index (κ1) is 94.2. The largest absolute Gasteiger partial charge is 0.497 e. The minimum Gasteiger partial charge on any atom is -0.497 e. The minimum absolute atomic E-state index is 0.00151. The summed E-state index contributed by atoms with van der Waals surface area (Å²) in [4.78, 5) is 73.2. The molecule has 0 aliphatic rings. The molecule has 17 N–H and O–H groups in total. The average molecular weight is 2010 g/mol. The van der Waals surface area contributed by atoms with Crippen molar-refractivity contribution >= 4 is 201 Å². The number of carbonyl (C=O) groups excluding carboxylic acids is 2. The van der Waals surface area contributed by atoms with Gasteiger partial charge in [0.15, 0.2) is 28.2 Å². The number of urea groups is 2. The van der Waals surface area contributed by atoms with Gasteiger partial charge in [-0.25, -0.2) is 122 Å². The first-order valence-electron chi connectivity index (χ1n) is 41.0. The summed E-state index contributed by atoms with van der Waals surface area (Å²) in [6.45, 7) is 0. The number of ether oxygens (including phenoxy) is 2. The number of para-hydroxylation sites is 2. The van der Waals surface area contributed by atoms with Gasteiger partial charge in [0.05, 0.1) is 127 Å². The van der Waals surface area contributed by atoms with E-state index in [0.717, 1.165) is 11.3 Å². The number of amides is 4. The van der Waals surface area contributed by atoms with Gasteiger partial charge in [0.25, 0.3) is 30.1 Å². The Balaban J connectivity index is 0.000000122. The number of aromatic nitrogens is 22. The highest BCUT2D eigenvalue weighted by atomic mass is 35.5. The van der Waals surface area contributed by atoms with Gasteiger partial charge in [-0.15, -0.1) is 11.3 Å². The topological polar surface area (TPSA) is 613 Å². The highest BCUT2D eigenvalue weighted by Gasteiger charge is 2.23. The molecule has 0 spiro atoms. The predicted octanol–water partition coefficient (Wildman–Crippen LogP) is 14.8. The van der Waals surface area contributed by atoms with Crippen molar-refractivity contribution in [1.82, 2.24) is 109 Å². The molecule has 706 valence electrons. The summed E-state index contributed by atoms with van der Waals surface area (Å²) in [5, 5.41) is 37.1. The van der Waals surface area contributed by atoms with E-state index in [1.165, 1.54) is 93.5 Å². The van der Waals surface area contributed by atoms with Crippen LogP contribution in [0.25, 0.3) is 83.6 Å². The van der Waals surface area contributed by atoms with E-state index in [9.17, 15) is 39.2 Å². The Kier molecular flexibility index (Phi) is 27.6. The van der Waals surface area contributed by atoms with Crippen LogP contribution in [0.2, 0.25) is 10.3 Å². The summed E-state index contributed by atoms with van der Waals surface area (Å²) in [5.74, 6) is 2.62. The fraction of sp³-hybridized carbons (Fsp3) is 0.0111. The lowest BCUT2D eigenvalue weighted by Gasteiger charge is -2.10. The fourth-order valence-corrected chi connectivity index (χ4v) is 18.0. The fourth-order valence-electron chi connectivity index (χ4n) is 13.5. The van der Waals surface area contributed by atoms with Crippen molar-refractivity contribution in [3.05, 3.63) is 327 Å². The van der Waals surface area contributed by atoms with Gasteiger partial charge in [-0.3, -0.25) is 14.2 Å². The average Bonchev–Trinajstić information content (AvgIpc) is 1.65. The number of fused-ring (bicyclic) bond motifs is 5. The third-order valence-electron chi connectivity index (χ3n) is 20.0. The summed E-state index contributed by atoms with van der Waals surface area (Å²) in [5.41, 5.74) is 37.9. The third kappa shape index (κ3) is 22.2. The molecular formula is C90H71Cl2FN34O10S4. The number of nitrogen functional groups attached to an aromatic ring is 5. The molecule has 0 fully saturated rings. The molecule has 0 aliphatic heterocycles. The quantitative estimate of drug-likeness (QED) is 0.0297. The molecule has 0 bridgehead atoms. The van der Waals surface area contributed by atoms with Crippen molar-refractivity contribution in [2.75, 3.05) is 71.2 Å². The van der Waals surface area contributed by atoms with Crippen LogP contribution < -0.4 is 73.6 Å². The summed E-state index contributed by atoms with van der Waals surface area (Å²) in [7, 11) is -9.73. The van der Waals surface area contributed by atoms with Gasteiger partial charge in [-0.2, -0.15) is 25.5 Å². The van der Waals surface area contributed by atoms with Crippen molar-refractivity contribution in [3.8, 4) is 45.8 Å². The number of sulfonamides is 3. The smallest absolute Gasteiger partial charge is 0.323 e. The zero-order valence-corrected chi connectivity index (χ0v) is 77.3. The predicted molar refractivity (Wildman–Crippen MR) is 532 cm³/mol. The van der Waals surface area contributed by atoms with Crippen LogP contribution in [0.4, 0.5) is 82.9 Å². The van der Waals surface area contributed by atoms with E-state index in [1.807, 2.05) is 30.3 Å². The third-order valence-corrected chi connectivity index (χ3v) is 25.9. The number of hydrogen-bond donors (Lipinski definition) is 12. The lowest BCUT2D eigenvalue weighted by Crippen LogP contribution is -2.20. The summed E-state index contributed by atoms with van der Waals surface area (Å²) >= 11 is 12.8. The van der Waals surface area contributed by atoms with Crippen LogP contribution in [0, 0.1) is 5.82 Å². The number of pyridine rings is 2. The van der Waals surface area contributed by atoms with E-state index < -0.39 is 47.9 Å². The van der Waals surface area contributed by atoms with E-state index in [0.29, 0.717) is 158 Å². The number of anilines is 12. The lowest BCUT2D eigenvalue weighted by molar-refractivity contribution is 0.261. The Hall–Kier alpha value is -18.6. The summed E-state index contributed by atoms with van der Waals surface area (Å²) < 4.78 is 116. The zero-order chi connectivity index (χ0) is 98.5. The van der Waals surface area contributed by atoms with Crippen LogP contribution in [0.5, 0.6) is 17.4 Å². The van der Waals surface area contributed by atoms with Crippen molar-refractivity contribution in [3.63, 3.8) is 0 Å². The SMILES string of the molecule is COc1ccc(S(=O)(=O)Nc2cccc(-n3ncc4c(N)ncnc43)c2)cc1.Nc1ncnc2c1cnn2-c1cccc(NC(=O)Nc2cc(Cl)nc(Cl)c2)c1.Nc1ncnc2c1cnn2-c1cccc(NC(=O)Nc2ccccc2F)c1.Nc1ncnc2c1cnn2-c1cccc(NS(=O)(=O)c2ccc(Oc3ccccc3)nc2)c1.Nc1ncnc2c1cnn2-c1cccc(NS(=O)(=O)c2cccs2)c1. The zero-order valence-electron chi connectivity index (χ0n) is 72.5. The molecule has 0 aliphatic carbocycles. The molecule has 51 heteroatoms. The van der Waals surface area contributed by atoms with Gasteiger partial charge in [-0.05, 0) is 169 Å². The lowest BCUT2D eigenvalue weighted by atomic mass is 10.2. The number of nitrogens with zero attached hydrogens (tertiary/aromatic N) is 22. The second kappa shape index (κ2) is 41.3. The Morgan fingerprint density at radius 3 is 1.08 bits per heavy atom. The highest BCUT2D eigenvalue weighted by molar-refractivity contribution is 7.94. The Labute approximate surface area is 810 Å². The Bertz CT molecular complexity index is 8560. The number of thiophene rings is 1. The maximum Gasteiger partial charge on any atom is 0.323 e. The van der Waals surface area contributed by atoms with Crippen LogP contribution in [0.15, 0.2) is 325 Å². The molecule has 21 aromatic rings. The van der Waals surface area contributed by atoms with Crippen molar-refractivity contribution in [1.29, 1.82) is 0 Å². The molecular weight excluding hydrogens is 1940 g/mol. The molecule has 0 unspecified atom stereocenters. The number of hydrogen-bond acceptors (Lipinski definition) is 33. The molecule has 44 nitrogen and oxygen atoms in total. The Morgan fingerprint density at radius 2 is 0.702 bits per heavy atom. The number of benzene rings is 8. The van der Waals surface area contributed by atoms with Crippen molar-refractivity contribution in [2.45, 2.75) is 14.0 Å². The standard InChI is InChI=1S/C22H17N7O3S.C18H14FN7O.C18H16N6O3S.C17H12Cl2N8O.C15H12N6O2S2/c23-21-19-13-27-29(22(19)26-14-25-21)16-6-4-5-15(11-16)28-33(30,31)18-9-10-20(24-12-18)32-17-7-2-1-3-8-17;19-14-6-1-2-7-15(14)25-18(27)24-11-4-3-5-12(8-11)26-17-13(9-23-26)16(20)21-10-22-17;1-27-14-5-7-15(8-6-14)28(25,26)23-12-3-2-4-13(9-12)24-18-16(10-22-24)17(19)20-11-21-18;18-13-5-10(6-14(19)26-13)25-17(28)24-9-2-1-3-11(4-9)27-16-12(7-23-27)15(20)21-8-22-16;16-14-12-8-19-21(15(12)18-9-17-14)11-4-1-3-10(7-11)20-25(22,23)13-5-2-6-24-13/h1-14,28H,(H2,23,25,26);1-10H,(H2,20,21,22)(H2,24,25,27);2-11,23H,1H3,(H2,19,20,21);1-8H,(H2,20,21,22)(H2,24,25,26,28);1-9,20H,(H2,16,17,18). The van der Waals surface area contributed by atoms with Crippen molar-refractivity contribution < 1.29 is 48.7 Å². The summed E-state index contributed by atoms with van der Waals surface area (Å²) in [6.07, 6.45) is 15.9. The normalized spacial score (nSPS) is 11.2. The number of halogens is 3. The highest BCUT2D eigenvalue weighted by Crippen LogP contribution is 2.33. The number of nitrogens with one attached hydrogen (secondary N) is 7. The maximum absolute atomic E-state index is 13.6. The van der Waals surface area contributed by atoms with Crippen LogP contribution in [0.1, 0.15) is 0 Å². The van der Waals surface area contributed by atoms with Crippen LogP contribution in [-0.4, -0.2) is 153 Å². The van der Waals surface area contributed by atoms with E-state index in [2.05, 4.69) is 121 Å². The molecule has 0 saturated carbocycles. The van der Waals surface area contributed by atoms with Crippen LogP contribution in [0.3, 0.4) is 0 Å². The second-order valence-corrected chi connectivity index (χ2v) is 36.3. The molecule has 0 atom stereocenters. The molecule has 13 heterocycles. The molecule has 141 heavy (non-hydrogen) atoms. The van der Waals surface area contributed by atoms with Gasteiger partial charge in [0.2, 0.25) is 5.88 Å². The van der Waals surface area contributed by atoms with E-state index in [4.69, 9.17) is 61.3 Å². The maximum atomic E-state index is 13.6. The van der Waals surface area contributed by atoms with Crippen LogP contribution >= 0.6 is 34.5 Å². The molecule has 13 aromatic heterocycles. The summed E-state index contributed by atoms with van der Waals surface area (Å²) in [6, 6.07) is 63.8. The van der Waals surface area contributed by atoms with E-state index in [1.54, 1.807) is 217 Å². The number of rotatable bonds is 21. The molecule has 4 amide bonds. The van der Waals surface area contributed by atoms with Crippen molar-refractivity contribution in [2.24, 2.45) is 0 Å². The van der Waals surface area contributed by atoms with Gasteiger partial charge >= 0.3 is 12.1 Å². The molecule has 21 rings (SSSR count). The van der Waals surface area contributed by atoms with Gasteiger partial charge in [0.1, 0.15) is 97.5 Å². The van der Waals surface area contributed by atoms with E-state index >= 15 is 0 Å². The first-order chi connectivity index (χ1) is 68.1. The van der Waals surface area contributed by atoms with E-state index in [-0.39, 0.29) is 35.9 Å². The number of carbonyl (C=O) groups is 2. The molecule has 0 saturated heterocycles. The second-order valence-electron chi connectivity index (χ2n) is 29.3. The Morgan fingerprint density at radius 1 is 0.348 bits per heavy atom. The molecule has 0 radical (unpaired) electrons. The minimum atomic E-state index is -3.88. The first-order valence-corrected chi connectivity index (χ1v) is 47.1. The number of nitrogens with two attached hydrogens (primary N) is 5. The van der Waals surface area contributed by atoms with Gasteiger partial charge in [-0.1, -0.05) is 89.9 Å². The molecule has 8 aromatic carbocycles. The monoisotopic (exact) mass is 2000 g/mol. The van der Waals surface area contributed by atoms with Crippen LogP contribution in [-0.2, 0) is 30.1 Å². The van der Waals surface area contributed by atoms with Gasteiger partial charge in [0, 0.05) is 23.1 Å². The number of methoxy groups -OCH3 is 1.